The number of carbonyl (C=O) groups excluding carboxylic acids is 1. The van der Waals surface area contributed by atoms with Crippen molar-refractivity contribution in [2.75, 3.05) is 13.1 Å². The van der Waals surface area contributed by atoms with Gasteiger partial charge in [0.25, 0.3) is 0 Å². The molecule has 1 amide bonds. The van der Waals surface area contributed by atoms with Crippen LogP contribution in [0.5, 0.6) is 0 Å². The second-order valence-electron chi connectivity index (χ2n) is 9.33. The summed E-state index contributed by atoms with van der Waals surface area (Å²) in [7, 11) is 0. The lowest BCUT2D eigenvalue weighted by atomic mass is 9.90. The van der Waals surface area contributed by atoms with Crippen molar-refractivity contribution in [3.8, 4) is 11.4 Å². The fraction of sp³-hybridized carbons (Fsp3) is 0.310. The number of piperidine rings is 1. The number of likely N-dealkylation sites (tertiary alicyclic amines) is 1. The molecular formula is C29H31N5OS. The van der Waals surface area contributed by atoms with Crippen molar-refractivity contribution in [3.05, 3.63) is 96.3 Å². The average molecular weight is 498 g/mol. The minimum absolute atomic E-state index is 0.179. The van der Waals surface area contributed by atoms with E-state index in [2.05, 4.69) is 62.2 Å². The first-order chi connectivity index (χ1) is 17.7. The number of hydrogen-bond acceptors (Lipinski definition) is 5. The Morgan fingerprint density at radius 2 is 1.56 bits per heavy atom. The van der Waals surface area contributed by atoms with Crippen molar-refractivity contribution in [3.63, 3.8) is 0 Å². The van der Waals surface area contributed by atoms with Gasteiger partial charge in [0.15, 0.2) is 11.0 Å². The summed E-state index contributed by atoms with van der Waals surface area (Å²) < 4.78 is 2.10. The lowest BCUT2D eigenvalue weighted by Crippen LogP contribution is -2.42. The zero-order chi connectivity index (χ0) is 24.7. The zero-order valence-electron chi connectivity index (χ0n) is 20.5. The van der Waals surface area contributed by atoms with Crippen LogP contribution in [-0.2, 0) is 17.8 Å². The molecule has 0 N–H and O–H groups in total. The van der Waals surface area contributed by atoms with Gasteiger partial charge < -0.3 is 4.90 Å². The van der Waals surface area contributed by atoms with Crippen LogP contribution in [0.2, 0.25) is 0 Å². The Bertz CT molecular complexity index is 1250. The van der Waals surface area contributed by atoms with Gasteiger partial charge in [-0.25, -0.2) is 0 Å². The quantitative estimate of drug-likeness (QED) is 0.307. The third-order valence-electron chi connectivity index (χ3n) is 6.76. The smallest absolute Gasteiger partial charge is 0.235 e. The monoisotopic (exact) mass is 497 g/mol. The standard InChI is InChI=1S/C29H31N5OS/c1-22(28(35)33-18-14-24(15-19-33)20-23-8-4-2-5-9-23)36-29-32-31-27(26-12-16-30-17-13-26)34(29)21-25-10-6-3-7-11-25/h2-13,16-17,22,24H,14-15,18-21H2,1H3/t22-/m1/s1. The predicted octanol–water partition coefficient (Wildman–Crippen LogP) is 5.35. The molecule has 1 aliphatic rings. The third-order valence-corrected chi connectivity index (χ3v) is 7.83. The molecule has 3 heterocycles. The molecule has 1 saturated heterocycles. The summed E-state index contributed by atoms with van der Waals surface area (Å²) in [5, 5.41) is 9.52. The van der Waals surface area contributed by atoms with E-state index in [0.29, 0.717) is 12.5 Å². The highest BCUT2D eigenvalue weighted by molar-refractivity contribution is 8.00. The molecule has 1 atom stereocenters. The second kappa shape index (κ2) is 11.5. The van der Waals surface area contributed by atoms with E-state index >= 15 is 0 Å². The third kappa shape index (κ3) is 5.85. The number of thioether (sulfide) groups is 1. The molecule has 0 spiro atoms. The van der Waals surface area contributed by atoms with Crippen LogP contribution in [0.15, 0.2) is 90.3 Å². The van der Waals surface area contributed by atoms with E-state index in [1.165, 1.54) is 17.3 Å². The number of amides is 1. The molecular weight excluding hydrogens is 466 g/mol. The summed E-state index contributed by atoms with van der Waals surface area (Å²) in [5.74, 6) is 1.60. The lowest BCUT2D eigenvalue weighted by Gasteiger charge is -2.33. The van der Waals surface area contributed by atoms with Crippen molar-refractivity contribution in [2.45, 2.75) is 43.1 Å². The minimum atomic E-state index is -0.236. The summed E-state index contributed by atoms with van der Waals surface area (Å²) in [6, 6.07) is 24.8. The van der Waals surface area contributed by atoms with E-state index in [4.69, 9.17) is 0 Å². The molecule has 2 aromatic heterocycles. The lowest BCUT2D eigenvalue weighted by molar-refractivity contribution is -0.131. The number of nitrogens with zero attached hydrogens (tertiary/aromatic N) is 5. The summed E-state index contributed by atoms with van der Waals surface area (Å²) in [6.07, 6.45) is 6.71. The van der Waals surface area contributed by atoms with Crippen LogP contribution < -0.4 is 0 Å². The summed E-state index contributed by atoms with van der Waals surface area (Å²) in [6.45, 7) is 4.26. The highest BCUT2D eigenvalue weighted by Crippen LogP contribution is 2.30. The van der Waals surface area contributed by atoms with Gasteiger partial charge >= 0.3 is 0 Å². The Balaban J connectivity index is 1.26. The van der Waals surface area contributed by atoms with Gasteiger partial charge in [0, 0.05) is 31.0 Å². The minimum Gasteiger partial charge on any atom is -0.342 e. The van der Waals surface area contributed by atoms with Gasteiger partial charge in [0.1, 0.15) is 0 Å². The maximum atomic E-state index is 13.4. The van der Waals surface area contributed by atoms with Crippen molar-refractivity contribution in [1.82, 2.24) is 24.6 Å². The van der Waals surface area contributed by atoms with E-state index in [0.717, 1.165) is 54.5 Å². The molecule has 1 fully saturated rings. The molecule has 5 rings (SSSR count). The maximum absolute atomic E-state index is 13.4. The van der Waals surface area contributed by atoms with Crippen LogP contribution >= 0.6 is 11.8 Å². The van der Waals surface area contributed by atoms with Gasteiger partial charge in [-0.15, -0.1) is 10.2 Å². The second-order valence-corrected chi connectivity index (χ2v) is 10.6. The van der Waals surface area contributed by atoms with Gasteiger partial charge in [0.2, 0.25) is 5.91 Å². The largest absolute Gasteiger partial charge is 0.342 e. The zero-order valence-corrected chi connectivity index (χ0v) is 21.3. The van der Waals surface area contributed by atoms with Gasteiger partial charge in [-0.1, -0.05) is 72.4 Å². The average Bonchev–Trinajstić information content (AvgIpc) is 3.32. The fourth-order valence-corrected chi connectivity index (χ4v) is 5.70. The van der Waals surface area contributed by atoms with Crippen molar-refractivity contribution >= 4 is 17.7 Å². The van der Waals surface area contributed by atoms with Gasteiger partial charge in [0.05, 0.1) is 11.8 Å². The number of pyridine rings is 1. The topological polar surface area (TPSA) is 63.9 Å². The molecule has 0 aliphatic carbocycles. The summed E-state index contributed by atoms with van der Waals surface area (Å²) in [5.41, 5.74) is 3.50. The predicted molar refractivity (Wildman–Crippen MR) is 144 cm³/mol. The SMILES string of the molecule is C[C@@H](Sc1nnc(-c2ccncc2)n1Cc1ccccc1)C(=O)N1CCC(Cc2ccccc2)CC1. The van der Waals surface area contributed by atoms with Crippen LogP contribution in [0.3, 0.4) is 0 Å². The molecule has 1 aliphatic heterocycles. The Hall–Kier alpha value is -3.45. The first-order valence-electron chi connectivity index (χ1n) is 12.5. The van der Waals surface area contributed by atoms with Crippen LogP contribution in [0, 0.1) is 5.92 Å². The van der Waals surface area contributed by atoms with Crippen LogP contribution in [-0.4, -0.2) is 48.9 Å². The molecule has 36 heavy (non-hydrogen) atoms. The summed E-state index contributed by atoms with van der Waals surface area (Å²) >= 11 is 1.49. The number of carbonyl (C=O) groups is 1. The highest BCUT2D eigenvalue weighted by Gasteiger charge is 2.28. The van der Waals surface area contributed by atoms with Crippen LogP contribution in [0.25, 0.3) is 11.4 Å². The van der Waals surface area contributed by atoms with Gasteiger partial charge in [-0.3, -0.25) is 14.3 Å². The molecule has 4 aromatic rings. The van der Waals surface area contributed by atoms with Crippen molar-refractivity contribution < 1.29 is 4.79 Å². The first-order valence-corrected chi connectivity index (χ1v) is 13.4. The Kier molecular flexibility index (Phi) is 7.76. The maximum Gasteiger partial charge on any atom is 0.235 e. The Labute approximate surface area is 216 Å². The van der Waals surface area contributed by atoms with Gasteiger partial charge in [-0.05, 0) is 55.4 Å². The highest BCUT2D eigenvalue weighted by atomic mass is 32.2. The molecule has 0 bridgehead atoms. The number of hydrogen-bond donors (Lipinski definition) is 0. The molecule has 6 nitrogen and oxygen atoms in total. The first kappa shape index (κ1) is 24.3. The number of benzene rings is 2. The molecule has 0 saturated carbocycles. The molecule has 7 heteroatoms. The van der Waals surface area contributed by atoms with E-state index in [9.17, 15) is 4.79 Å². The fourth-order valence-electron chi connectivity index (χ4n) is 4.77. The van der Waals surface area contributed by atoms with Crippen LogP contribution in [0.1, 0.15) is 30.9 Å². The van der Waals surface area contributed by atoms with Crippen molar-refractivity contribution in [1.29, 1.82) is 0 Å². The Morgan fingerprint density at radius 3 is 2.22 bits per heavy atom. The molecule has 2 aromatic carbocycles. The number of aromatic nitrogens is 4. The van der Waals surface area contributed by atoms with Crippen molar-refractivity contribution in [2.24, 2.45) is 5.92 Å². The molecule has 184 valence electrons. The normalized spacial score (nSPS) is 15.1. The molecule has 0 radical (unpaired) electrons. The summed E-state index contributed by atoms with van der Waals surface area (Å²) in [4.78, 5) is 19.5. The van der Waals surface area contributed by atoms with E-state index in [-0.39, 0.29) is 11.2 Å². The number of rotatable bonds is 8. The van der Waals surface area contributed by atoms with E-state index < -0.39 is 0 Å². The van der Waals surface area contributed by atoms with Crippen LogP contribution in [0.4, 0.5) is 0 Å². The van der Waals surface area contributed by atoms with Gasteiger partial charge in [-0.2, -0.15) is 0 Å². The van der Waals surface area contributed by atoms with E-state index in [1.807, 2.05) is 42.2 Å². The Morgan fingerprint density at radius 1 is 0.917 bits per heavy atom. The van der Waals surface area contributed by atoms with E-state index in [1.54, 1.807) is 12.4 Å². The molecule has 0 unspecified atom stereocenters.